The molecular weight excluding hydrogens is 707 g/mol. The largest absolute Gasteiger partial charge is 0.481 e. The van der Waals surface area contributed by atoms with Crippen molar-refractivity contribution in [2.45, 2.75) is 104 Å². The number of benzene rings is 2. The van der Waals surface area contributed by atoms with Crippen molar-refractivity contribution in [2.24, 2.45) is 4.99 Å². The Bertz CT molecular complexity index is 2190. The van der Waals surface area contributed by atoms with Gasteiger partial charge in [0.1, 0.15) is 14.6 Å². The van der Waals surface area contributed by atoms with E-state index in [1.807, 2.05) is 0 Å². The summed E-state index contributed by atoms with van der Waals surface area (Å²) in [5.74, 6) is -1.54. The number of hydrogen-bond donors (Lipinski definition) is 3. The first kappa shape index (κ1) is 39.0. The SMILES string of the molecule is CC1=CC(C)(C)N(CCCS(=O)(=O)O)c2cc3c(cc21)N=c1cc2c(cc1[Si]3(CCCC(=O)O)C(C)C)=[N+](CCCS(=O)(=O)O)C(C)(C)C=C2C. The van der Waals surface area contributed by atoms with Gasteiger partial charge in [-0.3, -0.25) is 13.9 Å². The summed E-state index contributed by atoms with van der Waals surface area (Å²) in [6, 6.07) is 9.41. The molecule has 11 nitrogen and oxygen atoms in total. The Labute approximate surface area is 303 Å². The van der Waals surface area contributed by atoms with Crippen molar-refractivity contribution in [3.8, 4) is 0 Å². The fourth-order valence-corrected chi connectivity index (χ4v) is 15.1. The number of allylic oxidation sites excluding steroid dienone is 2. The molecular formula is C37H52N3O8S2Si+. The lowest BCUT2D eigenvalue weighted by atomic mass is 9.88. The zero-order valence-corrected chi connectivity index (χ0v) is 33.6. The lowest BCUT2D eigenvalue weighted by Crippen LogP contribution is -2.68. The fraction of sp³-hybridized carbons (Fsp3) is 0.541. The van der Waals surface area contributed by atoms with Crippen molar-refractivity contribution in [2.75, 3.05) is 29.5 Å². The summed E-state index contributed by atoms with van der Waals surface area (Å²) < 4.78 is 67.9. The molecule has 3 aliphatic heterocycles. The van der Waals surface area contributed by atoms with Crippen LogP contribution in [-0.2, 0) is 25.0 Å². The van der Waals surface area contributed by atoms with Crippen molar-refractivity contribution < 1.29 is 35.8 Å². The number of carboxylic acid groups (broad SMARTS) is 1. The smallest absolute Gasteiger partial charge is 0.303 e. The van der Waals surface area contributed by atoms with E-state index in [1.54, 1.807) is 0 Å². The predicted molar refractivity (Wildman–Crippen MR) is 206 cm³/mol. The van der Waals surface area contributed by atoms with Crippen molar-refractivity contribution in [1.29, 1.82) is 0 Å². The van der Waals surface area contributed by atoms with Crippen LogP contribution in [0.3, 0.4) is 0 Å². The number of aliphatic carboxylic acids is 1. The Morgan fingerprint density at radius 3 is 2.12 bits per heavy atom. The minimum absolute atomic E-state index is 0.0342. The van der Waals surface area contributed by atoms with E-state index < -0.39 is 45.4 Å². The molecule has 0 aliphatic carbocycles. The van der Waals surface area contributed by atoms with Crippen LogP contribution in [0.2, 0.25) is 11.6 Å². The second-order valence-electron chi connectivity index (χ2n) is 15.8. The van der Waals surface area contributed by atoms with E-state index in [9.17, 15) is 35.8 Å². The van der Waals surface area contributed by atoms with E-state index >= 15 is 0 Å². The van der Waals surface area contributed by atoms with Gasteiger partial charge >= 0.3 is 5.97 Å². The first-order valence-electron chi connectivity index (χ1n) is 17.6. The van der Waals surface area contributed by atoms with Gasteiger partial charge in [0.25, 0.3) is 20.2 Å². The molecule has 0 saturated heterocycles. The molecule has 0 radical (unpaired) electrons. The Balaban J connectivity index is 1.82. The van der Waals surface area contributed by atoms with Crippen LogP contribution >= 0.6 is 0 Å². The third-order valence-corrected chi connectivity index (χ3v) is 18.4. The lowest BCUT2D eigenvalue weighted by molar-refractivity contribution is -0.137. The summed E-state index contributed by atoms with van der Waals surface area (Å²) in [4.78, 5) is 19.4. The van der Waals surface area contributed by atoms with Gasteiger partial charge in [-0.05, 0) is 97.9 Å². The lowest BCUT2D eigenvalue weighted by Gasteiger charge is -2.46. The number of carboxylic acids is 1. The fourth-order valence-electron chi connectivity index (χ4n) is 8.72. The maximum absolute atomic E-state index is 11.9. The number of carbonyl (C=O) groups is 1. The van der Waals surface area contributed by atoms with Crippen molar-refractivity contribution in [1.82, 2.24) is 4.58 Å². The van der Waals surface area contributed by atoms with E-state index in [2.05, 4.69) is 101 Å². The van der Waals surface area contributed by atoms with Crippen molar-refractivity contribution >= 4 is 67.2 Å². The summed E-state index contributed by atoms with van der Waals surface area (Å²) in [5.41, 5.74) is 5.25. The number of fused-ring (bicyclic) bond motifs is 4. The second kappa shape index (κ2) is 13.7. The molecule has 0 saturated carbocycles. The van der Waals surface area contributed by atoms with E-state index in [1.165, 1.54) is 0 Å². The monoisotopic (exact) mass is 758 g/mol. The average molecular weight is 759 g/mol. The molecule has 3 aliphatic rings. The van der Waals surface area contributed by atoms with Gasteiger partial charge in [0, 0.05) is 50.6 Å². The van der Waals surface area contributed by atoms with Crippen LogP contribution in [0.15, 0.2) is 41.4 Å². The standard InChI is InChI=1S/C37H51N3O8S2Si/c1-24(2)51(17-9-12-35(41)42)33-20-31-27(25(3)22-36(5,6)39(31)13-10-15-49(43,44)45)18-29(33)38-30-19-28-26(4)23-37(7,8)40(32(28)21-34(30)51)14-11-16-50(46,47)48/h18-24H,9-17H2,1-8H3,(H2-,41,42,43,44,45,46,47,48)/p+1. The molecule has 278 valence electrons. The molecule has 51 heavy (non-hydrogen) atoms. The number of nitrogens with zero attached hydrogens (tertiary/aromatic N) is 3. The third kappa shape index (κ3) is 7.80. The molecule has 2 aromatic rings. The molecule has 5 rings (SSSR count). The highest BCUT2D eigenvalue weighted by Gasteiger charge is 2.47. The van der Waals surface area contributed by atoms with Gasteiger partial charge in [-0.15, -0.1) is 0 Å². The van der Waals surface area contributed by atoms with E-state index in [4.69, 9.17) is 4.99 Å². The highest BCUT2D eigenvalue weighted by Crippen LogP contribution is 2.43. The van der Waals surface area contributed by atoms with Gasteiger partial charge in [0.05, 0.1) is 33.7 Å². The molecule has 0 spiro atoms. The van der Waals surface area contributed by atoms with Gasteiger partial charge in [-0.25, -0.2) is 9.57 Å². The molecule has 1 atom stereocenters. The van der Waals surface area contributed by atoms with Crippen LogP contribution in [0.4, 0.5) is 11.4 Å². The number of rotatable bonds is 13. The van der Waals surface area contributed by atoms with Crippen LogP contribution in [0.25, 0.3) is 11.1 Å². The molecule has 2 aromatic carbocycles. The highest BCUT2D eigenvalue weighted by atomic mass is 32.2. The molecule has 3 heterocycles. The maximum Gasteiger partial charge on any atom is 0.303 e. The van der Waals surface area contributed by atoms with Crippen LogP contribution in [0.1, 0.15) is 92.2 Å². The predicted octanol–water partition coefficient (Wildman–Crippen LogP) is 4.03. The van der Waals surface area contributed by atoms with E-state index in [0.29, 0.717) is 25.6 Å². The van der Waals surface area contributed by atoms with E-state index in [0.717, 1.165) is 54.7 Å². The maximum atomic E-state index is 11.9. The van der Waals surface area contributed by atoms with Gasteiger partial charge in [-0.1, -0.05) is 19.9 Å². The van der Waals surface area contributed by atoms with Crippen molar-refractivity contribution in [3.05, 3.63) is 58.3 Å². The molecule has 1 unspecified atom stereocenters. The first-order valence-corrected chi connectivity index (χ1v) is 23.1. The average Bonchev–Trinajstić information content (AvgIpc) is 2.97. The summed E-state index contributed by atoms with van der Waals surface area (Å²) in [5, 5.41) is 13.8. The zero-order valence-electron chi connectivity index (χ0n) is 30.9. The summed E-state index contributed by atoms with van der Waals surface area (Å²) >= 11 is 0. The molecule has 0 amide bonds. The molecule has 3 N–H and O–H groups in total. The zero-order chi connectivity index (χ0) is 37.9. The first-order chi connectivity index (χ1) is 23.5. The number of hydrogen-bond acceptors (Lipinski definition) is 7. The molecule has 0 aromatic heterocycles. The third-order valence-electron chi connectivity index (χ3n) is 10.9. The Kier molecular flexibility index (Phi) is 10.5. The van der Waals surface area contributed by atoms with E-state index in [-0.39, 0.29) is 36.3 Å². The summed E-state index contributed by atoms with van der Waals surface area (Å²) in [6.45, 7) is 17.7. The van der Waals surface area contributed by atoms with Crippen LogP contribution in [-0.4, -0.2) is 80.8 Å². The molecule has 0 bridgehead atoms. The quantitative estimate of drug-likeness (QED) is 0.156. The molecule has 14 heteroatoms. The van der Waals surface area contributed by atoms with Gasteiger partial charge < -0.3 is 10.0 Å². The Morgan fingerprint density at radius 1 is 0.882 bits per heavy atom. The Morgan fingerprint density at radius 2 is 1.51 bits per heavy atom. The summed E-state index contributed by atoms with van der Waals surface area (Å²) in [6.07, 6.45) is 5.35. The van der Waals surface area contributed by atoms with Gasteiger partial charge in [-0.2, -0.15) is 16.8 Å². The minimum Gasteiger partial charge on any atom is -0.481 e. The minimum atomic E-state index is -4.13. The highest BCUT2D eigenvalue weighted by molar-refractivity contribution is 7.86. The molecule has 0 fully saturated rings. The van der Waals surface area contributed by atoms with Crippen molar-refractivity contribution in [3.63, 3.8) is 0 Å². The van der Waals surface area contributed by atoms with Crippen LogP contribution in [0.5, 0.6) is 0 Å². The second-order valence-corrected chi connectivity index (χ2v) is 23.6. The summed E-state index contributed by atoms with van der Waals surface area (Å²) in [7, 11) is -11.1. The van der Waals surface area contributed by atoms with Crippen LogP contribution < -0.4 is 30.6 Å². The van der Waals surface area contributed by atoms with Gasteiger partial charge in [0.15, 0.2) is 5.54 Å². The van der Waals surface area contributed by atoms with Crippen LogP contribution in [0, 0.1) is 0 Å². The number of anilines is 1. The normalized spacial score (nSPS) is 20.5. The Hall–Kier alpha value is -3.17. The van der Waals surface area contributed by atoms with Gasteiger partial charge in [0.2, 0.25) is 5.36 Å². The topological polar surface area (TPSA) is 165 Å².